The standard InChI is InChI=1S/C24H25F3N6S/c1-12-9-18(34-31-12)32-10-16-21(15-6-7-24(15,16)11-32)28-23-29-22-14(3-2-8-33(22)30-23)13-4-5-17(25)20(27)19(13)26/h4-5,9,14-16,21H,2-3,6-8,10-11H2,1H3,(H,28,30)/t14?,15?,16-,21+,24?/m0/s1. The fourth-order valence-electron chi connectivity index (χ4n) is 7.00. The third kappa shape index (κ3) is 2.77. The quantitative estimate of drug-likeness (QED) is 0.541. The summed E-state index contributed by atoms with van der Waals surface area (Å²) in [4.78, 5) is 7.22. The number of hydrogen-bond donors (Lipinski definition) is 1. The molecule has 2 aromatic heterocycles. The summed E-state index contributed by atoms with van der Waals surface area (Å²) in [6.07, 6.45) is 3.88. The third-order valence-corrected chi connectivity index (χ3v) is 9.65. The minimum atomic E-state index is -1.43. The lowest BCUT2D eigenvalue weighted by atomic mass is 9.41. The van der Waals surface area contributed by atoms with Gasteiger partial charge in [-0.2, -0.15) is 9.36 Å². The Balaban J connectivity index is 1.13. The van der Waals surface area contributed by atoms with Gasteiger partial charge >= 0.3 is 0 Å². The zero-order valence-electron chi connectivity index (χ0n) is 18.8. The van der Waals surface area contributed by atoms with Crippen LogP contribution in [-0.2, 0) is 6.54 Å². The number of nitrogens with zero attached hydrogens (tertiary/aromatic N) is 5. The van der Waals surface area contributed by atoms with Crippen LogP contribution in [0.3, 0.4) is 0 Å². The van der Waals surface area contributed by atoms with E-state index in [0.717, 1.165) is 31.3 Å². The highest BCUT2D eigenvalue weighted by Crippen LogP contribution is 2.68. The lowest BCUT2D eigenvalue weighted by Gasteiger charge is -2.65. The van der Waals surface area contributed by atoms with Crippen molar-refractivity contribution in [3.05, 3.63) is 52.7 Å². The van der Waals surface area contributed by atoms with Crippen LogP contribution in [0.2, 0.25) is 0 Å². The molecule has 5 atom stereocenters. The van der Waals surface area contributed by atoms with Crippen molar-refractivity contribution < 1.29 is 13.2 Å². The minimum Gasteiger partial charge on any atom is -0.361 e. The number of fused-ring (bicyclic) bond motifs is 1. The van der Waals surface area contributed by atoms with Gasteiger partial charge in [0.25, 0.3) is 0 Å². The molecule has 1 N–H and O–H groups in total. The lowest BCUT2D eigenvalue weighted by Crippen LogP contribution is -2.68. The number of rotatable bonds is 4. The van der Waals surface area contributed by atoms with Crippen LogP contribution in [0.1, 0.15) is 48.7 Å². The smallest absolute Gasteiger partial charge is 0.242 e. The molecule has 3 aromatic rings. The predicted molar refractivity (Wildman–Crippen MR) is 123 cm³/mol. The molecule has 4 heterocycles. The average Bonchev–Trinajstić information content (AvgIpc) is 3.52. The summed E-state index contributed by atoms with van der Waals surface area (Å²) in [5, 5.41) is 9.53. The minimum absolute atomic E-state index is 0.145. The molecule has 4 aliphatic rings. The molecule has 178 valence electrons. The first-order chi connectivity index (χ1) is 16.4. The highest BCUT2D eigenvalue weighted by molar-refractivity contribution is 7.10. The molecule has 1 aromatic carbocycles. The Bertz CT molecular complexity index is 1290. The van der Waals surface area contributed by atoms with Crippen LogP contribution < -0.4 is 10.2 Å². The second-order valence-electron chi connectivity index (χ2n) is 10.3. The highest BCUT2D eigenvalue weighted by atomic mass is 32.1. The Morgan fingerprint density at radius 2 is 2.03 bits per heavy atom. The first-order valence-electron chi connectivity index (χ1n) is 12.0. The molecule has 34 heavy (non-hydrogen) atoms. The number of halogens is 3. The van der Waals surface area contributed by atoms with E-state index in [1.54, 1.807) is 16.2 Å². The average molecular weight is 487 g/mol. The molecule has 0 radical (unpaired) electrons. The number of anilines is 2. The summed E-state index contributed by atoms with van der Waals surface area (Å²) in [7, 11) is 0. The van der Waals surface area contributed by atoms with Crippen molar-refractivity contribution in [2.75, 3.05) is 23.3 Å². The molecule has 0 bridgehead atoms. The van der Waals surface area contributed by atoms with Gasteiger partial charge in [0.05, 0.1) is 5.69 Å². The zero-order chi connectivity index (χ0) is 23.2. The van der Waals surface area contributed by atoms with E-state index in [4.69, 9.17) is 4.98 Å². The van der Waals surface area contributed by atoms with Crippen LogP contribution in [0.15, 0.2) is 18.2 Å². The van der Waals surface area contributed by atoms with Gasteiger partial charge in [-0.15, -0.1) is 5.10 Å². The molecule has 2 aliphatic heterocycles. The van der Waals surface area contributed by atoms with Crippen molar-refractivity contribution in [3.8, 4) is 0 Å². The number of nitrogens with one attached hydrogen (secondary N) is 1. The largest absolute Gasteiger partial charge is 0.361 e. The van der Waals surface area contributed by atoms with Gasteiger partial charge in [-0.3, -0.25) is 0 Å². The first-order valence-corrected chi connectivity index (χ1v) is 12.7. The van der Waals surface area contributed by atoms with Gasteiger partial charge in [0, 0.05) is 43.1 Å². The van der Waals surface area contributed by atoms with Gasteiger partial charge in [0.15, 0.2) is 17.5 Å². The molecule has 10 heteroatoms. The van der Waals surface area contributed by atoms with Gasteiger partial charge in [0.2, 0.25) is 5.95 Å². The van der Waals surface area contributed by atoms with Crippen LogP contribution in [0, 0.1) is 41.6 Å². The molecule has 0 amide bonds. The van der Waals surface area contributed by atoms with Crippen LogP contribution in [0.25, 0.3) is 0 Å². The molecule has 1 saturated heterocycles. The van der Waals surface area contributed by atoms with Crippen LogP contribution in [0.4, 0.5) is 24.1 Å². The number of benzene rings is 1. The maximum absolute atomic E-state index is 14.6. The highest BCUT2D eigenvalue weighted by Gasteiger charge is 2.70. The maximum Gasteiger partial charge on any atom is 0.242 e. The van der Waals surface area contributed by atoms with E-state index in [0.29, 0.717) is 48.0 Å². The second-order valence-corrected chi connectivity index (χ2v) is 11.1. The summed E-state index contributed by atoms with van der Waals surface area (Å²) in [5.41, 5.74) is 1.59. The van der Waals surface area contributed by atoms with Crippen LogP contribution >= 0.6 is 11.5 Å². The first kappa shape index (κ1) is 20.7. The summed E-state index contributed by atoms with van der Waals surface area (Å²) >= 11 is 1.57. The van der Waals surface area contributed by atoms with Crippen molar-refractivity contribution in [2.24, 2.45) is 17.3 Å². The third-order valence-electron chi connectivity index (χ3n) is 8.71. The van der Waals surface area contributed by atoms with Crippen molar-refractivity contribution in [1.82, 2.24) is 19.1 Å². The normalized spacial score (nSPS) is 31.4. The van der Waals surface area contributed by atoms with Crippen molar-refractivity contribution in [2.45, 2.75) is 51.1 Å². The summed E-state index contributed by atoms with van der Waals surface area (Å²) in [6, 6.07) is 4.81. The number of aromatic nitrogens is 4. The van der Waals surface area contributed by atoms with E-state index in [1.807, 2.05) is 6.92 Å². The molecular weight excluding hydrogens is 461 g/mol. The van der Waals surface area contributed by atoms with Crippen molar-refractivity contribution in [1.29, 1.82) is 0 Å². The van der Waals surface area contributed by atoms with E-state index in [2.05, 4.69) is 25.8 Å². The molecule has 7 rings (SSSR count). The van der Waals surface area contributed by atoms with Gasteiger partial charge in [-0.05, 0) is 67.6 Å². The van der Waals surface area contributed by atoms with E-state index in [-0.39, 0.29) is 5.56 Å². The van der Waals surface area contributed by atoms with Crippen LogP contribution in [0.5, 0.6) is 0 Å². The predicted octanol–water partition coefficient (Wildman–Crippen LogP) is 4.71. The maximum atomic E-state index is 14.6. The molecule has 2 aliphatic carbocycles. The summed E-state index contributed by atoms with van der Waals surface area (Å²) in [5.74, 6) is -1.84. The summed E-state index contributed by atoms with van der Waals surface area (Å²) < 4.78 is 48.2. The zero-order valence-corrected chi connectivity index (χ0v) is 19.6. The van der Waals surface area contributed by atoms with Gasteiger partial charge in [-0.1, -0.05) is 6.07 Å². The topological polar surface area (TPSA) is 58.9 Å². The number of aryl methyl sites for hydroxylation is 2. The number of hydrogen-bond acceptors (Lipinski definition) is 6. The summed E-state index contributed by atoms with van der Waals surface area (Å²) in [6.45, 7) is 4.82. The van der Waals surface area contributed by atoms with Crippen molar-refractivity contribution in [3.63, 3.8) is 0 Å². The van der Waals surface area contributed by atoms with Crippen LogP contribution in [-0.4, -0.2) is 38.3 Å². The Morgan fingerprint density at radius 1 is 1.15 bits per heavy atom. The monoisotopic (exact) mass is 486 g/mol. The SMILES string of the molecule is Cc1cc(N2C[C@H]3[C@H](Nc4nc5n(n4)CCCC5c4ccc(F)c(F)c4F)C4CCC43C2)sn1. The lowest BCUT2D eigenvalue weighted by molar-refractivity contribution is -0.117. The Hall–Kier alpha value is -2.62. The van der Waals surface area contributed by atoms with Gasteiger partial charge in [0.1, 0.15) is 10.8 Å². The fourth-order valence-corrected chi connectivity index (χ4v) is 7.77. The molecule has 2 saturated carbocycles. The van der Waals surface area contributed by atoms with E-state index in [9.17, 15) is 13.2 Å². The van der Waals surface area contributed by atoms with E-state index in [1.165, 1.54) is 23.9 Å². The van der Waals surface area contributed by atoms with E-state index >= 15 is 0 Å². The molecule has 3 unspecified atom stereocenters. The van der Waals surface area contributed by atoms with E-state index < -0.39 is 23.4 Å². The Kier molecular flexibility index (Phi) is 4.39. The van der Waals surface area contributed by atoms with Gasteiger partial charge in [-0.25, -0.2) is 17.9 Å². The Morgan fingerprint density at radius 3 is 2.79 bits per heavy atom. The fraction of sp³-hybridized carbons (Fsp3) is 0.542. The van der Waals surface area contributed by atoms with Crippen molar-refractivity contribution >= 4 is 22.5 Å². The molecular formula is C24H25F3N6S. The molecule has 1 spiro atoms. The second kappa shape index (κ2) is 7.19. The van der Waals surface area contributed by atoms with Gasteiger partial charge < -0.3 is 10.2 Å². The molecule has 6 nitrogen and oxygen atoms in total. The molecule has 3 fully saturated rings. The Labute approximate surface area is 199 Å².